The first kappa shape index (κ1) is 13.9. The Balaban J connectivity index is 2.05. The molecule has 0 aromatic carbocycles. The second-order valence-electron chi connectivity index (χ2n) is 5.11. The van der Waals surface area contributed by atoms with Crippen LogP contribution in [-0.2, 0) is 0 Å². The maximum atomic E-state index is 4.75. The predicted molar refractivity (Wildman–Crippen MR) is 90.4 cm³/mol. The van der Waals surface area contributed by atoms with E-state index in [4.69, 9.17) is 4.98 Å². The Hall–Kier alpha value is -1.01. The normalized spacial score (nSPS) is 18.6. The van der Waals surface area contributed by atoms with Gasteiger partial charge in [0.2, 0.25) is 5.95 Å². The van der Waals surface area contributed by atoms with Crippen LogP contribution in [0.25, 0.3) is 10.2 Å². The number of aromatic nitrogens is 2. The third kappa shape index (κ3) is 2.59. The Morgan fingerprint density at radius 2 is 2.30 bits per heavy atom. The average molecular weight is 308 g/mol. The van der Waals surface area contributed by atoms with Crippen molar-refractivity contribution in [3.05, 3.63) is 10.9 Å². The molecule has 3 heterocycles. The van der Waals surface area contributed by atoms with Crippen LogP contribution in [0, 0.1) is 6.92 Å². The molecule has 4 nitrogen and oxygen atoms in total. The molecule has 0 aliphatic carbocycles. The summed E-state index contributed by atoms with van der Waals surface area (Å²) in [5.41, 5.74) is 0. The lowest BCUT2D eigenvalue weighted by molar-refractivity contribution is 0.694. The number of nitrogens with one attached hydrogen (secondary N) is 1. The van der Waals surface area contributed by atoms with E-state index in [0.717, 1.165) is 23.1 Å². The SMILES string of the molecule is CCNc1nc(N(C)C2CCSC2)c2cc(C)sc2n1. The first-order valence-corrected chi connectivity index (χ1v) is 8.98. The number of aryl methyl sites for hydroxylation is 1. The highest BCUT2D eigenvalue weighted by Gasteiger charge is 2.23. The smallest absolute Gasteiger partial charge is 0.226 e. The van der Waals surface area contributed by atoms with Gasteiger partial charge < -0.3 is 10.2 Å². The van der Waals surface area contributed by atoms with Crippen LogP contribution in [0.5, 0.6) is 0 Å². The minimum Gasteiger partial charge on any atom is -0.355 e. The zero-order chi connectivity index (χ0) is 14.1. The predicted octanol–water partition coefficient (Wildman–Crippen LogP) is 3.37. The van der Waals surface area contributed by atoms with Crippen molar-refractivity contribution in [3.8, 4) is 0 Å². The molecule has 6 heteroatoms. The molecule has 0 bridgehead atoms. The summed E-state index contributed by atoms with van der Waals surface area (Å²) >= 11 is 3.78. The van der Waals surface area contributed by atoms with E-state index in [-0.39, 0.29) is 0 Å². The Bertz CT molecular complexity index is 604. The second-order valence-corrected chi connectivity index (χ2v) is 7.49. The van der Waals surface area contributed by atoms with E-state index in [1.165, 1.54) is 28.2 Å². The van der Waals surface area contributed by atoms with Gasteiger partial charge in [-0.05, 0) is 32.1 Å². The van der Waals surface area contributed by atoms with Gasteiger partial charge in [0.25, 0.3) is 0 Å². The maximum absolute atomic E-state index is 4.75. The number of rotatable bonds is 4. The third-order valence-electron chi connectivity index (χ3n) is 3.62. The fourth-order valence-corrected chi connectivity index (χ4v) is 4.68. The molecule has 20 heavy (non-hydrogen) atoms. The molecule has 3 rings (SSSR count). The van der Waals surface area contributed by atoms with Gasteiger partial charge in [-0.3, -0.25) is 0 Å². The first-order valence-electron chi connectivity index (χ1n) is 7.01. The molecule has 2 aromatic rings. The molecule has 1 atom stereocenters. The van der Waals surface area contributed by atoms with Crippen LogP contribution in [0.4, 0.5) is 11.8 Å². The molecule has 1 unspecified atom stereocenters. The molecular formula is C14H20N4S2. The van der Waals surface area contributed by atoms with Crippen LogP contribution >= 0.6 is 23.1 Å². The van der Waals surface area contributed by atoms with Gasteiger partial charge in [0, 0.05) is 30.3 Å². The number of hydrogen-bond donors (Lipinski definition) is 1. The van der Waals surface area contributed by atoms with Crippen molar-refractivity contribution >= 4 is 45.1 Å². The van der Waals surface area contributed by atoms with Crippen molar-refractivity contribution in [2.45, 2.75) is 26.3 Å². The zero-order valence-corrected chi connectivity index (χ0v) is 13.8. The number of fused-ring (bicyclic) bond motifs is 1. The van der Waals surface area contributed by atoms with Crippen LogP contribution in [0.1, 0.15) is 18.2 Å². The van der Waals surface area contributed by atoms with Crippen LogP contribution in [-0.4, -0.2) is 41.1 Å². The Kier molecular flexibility index (Phi) is 4.03. The maximum Gasteiger partial charge on any atom is 0.226 e. The van der Waals surface area contributed by atoms with Crippen molar-refractivity contribution < 1.29 is 0 Å². The molecule has 0 saturated carbocycles. The molecule has 1 fully saturated rings. The van der Waals surface area contributed by atoms with Crippen molar-refractivity contribution in [1.82, 2.24) is 9.97 Å². The summed E-state index contributed by atoms with van der Waals surface area (Å²) in [6.45, 7) is 5.05. The summed E-state index contributed by atoms with van der Waals surface area (Å²) in [7, 11) is 2.17. The third-order valence-corrected chi connectivity index (χ3v) is 5.71. The van der Waals surface area contributed by atoms with Crippen LogP contribution < -0.4 is 10.2 Å². The molecular weight excluding hydrogens is 288 g/mol. The van der Waals surface area contributed by atoms with E-state index >= 15 is 0 Å². The van der Waals surface area contributed by atoms with E-state index < -0.39 is 0 Å². The van der Waals surface area contributed by atoms with Crippen LogP contribution in [0.3, 0.4) is 0 Å². The largest absolute Gasteiger partial charge is 0.355 e. The minimum atomic E-state index is 0.591. The van der Waals surface area contributed by atoms with E-state index in [2.05, 4.69) is 42.2 Å². The molecule has 1 N–H and O–H groups in total. The Labute approximate surface area is 128 Å². The topological polar surface area (TPSA) is 41.1 Å². The lowest BCUT2D eigenvalue weighted by Crippen LogP contribution is -2.32. The average Bonchev–Trinajstić information content (AvgIpc) is 3.05. The van der Waals surface area contributed by atoms with Crippen molar-refractivity contribution in [3.63, 3.8) is 0 Å². The Morgan fingerprint density at radius 3 is 3.00 bits per heavy atom. The highest BCUT2D eigenvalue weighted by atomic mass is 32.2. The van der Waals surface area contributed by atoms with E-state index in [1.807, 2.05) is 11.8 Å². The van der Waals surface area contributed by atoms with Crippen molar-refractivity contribution in [1.29, 1.82) is 0 Å². The first-order chi connectivity index (χ1) is 9.69. The monoisotopic (exact) mass is 308 g/mol. The Morgan fingerprint density at radius 1 is 1.45 bits per heavy atom. The summed E-state index contributed by atoms with van der Waals surface area (Å²) in [6.07, 6.45) is 1.24. The van der Waals surface area contributed by atoms with Gasteiger partial charge in [-0.15, -0.1) is 11.3 Å². The van der Waals surface area contributed by atoms with Crippen molar-refractivity contribution in [2.24, 2.45) is 0 Å². The van der Waals surface area contributed by atoms with E-state index in [9.17, 15) is 0 Å². The van der Waals surface area contributed by atoms with Crippen LogP contribution in [0.2, 0.25) is 0 Å². The number of hydrogen-bond acceptors (Lipinski definition) is 6. The van der Waals surface area contributed by atoms with Gasteiger partial charge in [0.15, 0.2) is 0 Å². The fourth-order valence-electron chi connectivity index (χ4n) is 2.53. The lowest BCUT2D eigenvalue weighted by atomic mass is 10.2. The summed E-state index contributed by atoms with van der Waals surface area (Å²) < 4.78 is 0. The zero-order valence-electron chi connectivity index (χ0n) is 12.1. The molecule has 108 valence electrons. The highest BCUT2D eigenvalue weighted by molar-refractivity contribution is 7.99. The van der Waals surface area contributed by atoms with E-state index in [1.54, 1.807) is 11.3 Å². The number of nitrogens with zero attached hydrogens (tertiary/aromatic N) is 3. The van der Waals surface area contributed by atoms with Gasteiger partial charge in [0.05, 0.1) is 5.39 Å². The van der Waals surface area contributed by atoms with Crippen LogP contribution in [0.15, 0.2) is 6.07 Å². The van der Waals surface area contributed by atoms with Gasteiger partial charge in [-0.25, -0.2) is 4.98 Å². The standard InChI is InChI=1S/C14H20N4S2/c1-4-15-14-16-12(18(3)10-5-6-19-8-10)11-7-9(2)20-13(11)17-14/h7,10H,4-6,8H2,1-3H3,(H,15,16,17). The summed E-state index contributed by atoms with van der Waals surface area (Å²) in [5, 5.41) is 4.44. The molecule has 1 saturated heterocycles. The molecule has 1 aliphatic heterocycles. The fraction of sp³-hybridized carbons (Fsp3) is 0.571. The van der Waals surface area contributed by atoms with E-state index in [0.29, 0.717) is 6.04 Å². The number of thioether (sulfide) groups is 1. The summed E-state index contributed by atoms with van der Waals surface area (Å²) in [4.78, 5) is 14.1. The molecule has 2 aromatic heterocycles. The molecule has 0 amide bonds. The number of anilines is 2. The molecule has 0 spiro atoms. The van der Waals surface area contributed by atoms with Crippen molar-refractivity contribution in [2.75, 3.05) is 35.3 Å². The summed E-state index contributed by atoms with van der Waals surface area (Å²) in [6, 6.07) is 2.80. The van der Waals surface area contributed by atoms with Gasteiger partial charge in [-0.1, -0.05) is 0 Å². The highest BCUT2D eigenvalue weighted by Crippen LogP contribution is 2.34. The van der Waals surface area contributed by atoms with Gasteiger partial charge in [0.1, 0.15) is 10.6 Å². The number of thiophene rings is 1. The molecule has 0 radical (unpaired) electrons. The quantitative estimate of drug-likeness (QED) is 0.938. The van der Waals surface area contributed by atoms with Gasteiger partial charge >= 0.3 is 0 Å². The molecule has 1 aliphatic rings. The summed E-state index contributed by atoms with van der Waals surface area (Å²) in [5.74, 6) is 4.27. The van der Waals surface area contributed by atoms with Gasteiger partial charge in [-0.2, -0.15) is 16.7 Å². The second kappa shape index (κ2) is 5.77. The lowest BCUT2D eigenvalue weighted by Gasteiger charge is -2.25. The minimum absolute atomic E-state index is 0.591.